The monoisotopic (exact) mass is 141 g/mol. The molecule has 1 heterocycles. The summed E-state index contributed by atoms with van der Waals surface area (Å²) in [6, 6.07) is 0. The van der Waals surface area contributed by atoms with E-state index in [9.17, 15) is 0 Å². The van der Waals surface area contributed by atoms with E-state index >= 15 is 0 Å². The van der Waals surface area contributed by atoms with Crippen LogP contribution in [0.4, 0.5) is 0 Å². The van der Waals surface area contributed by atoms with Crippen LogP contribution in [-0.4, -0.2) is 19.3 Å². The van der Waals surface area contributed by atoms with Gasteiger partial charge in [-0.15, -0.1) is 12.8 Å². The van der Waals surface area contributed by atoms with E-state index in [1.165, 1.54) is 12.8 Å². The summed E-state index contributed by atoms with van der Waals surface area (Å²) in [5.41, 5.74) is 5.38. The summed E-state index contributed by atoms with van der Waals surface area (Å²) in [4.78, 5) is 0. The summed E-state index contributed by atoms with van der Waals surface area (Å²) in [6.07, 6.45) is 12.0. The van der Waals surface area contributed by atoms with Gasteiger partial charge in [-0.1, -0.05) is 0 Å². The van der Waals surface area contributed by atoms with Crippen LogP contribution in [0.15, 0.2) is 0 Å². The van der Waals surface area contributed by atoms with Gasteiger partial charge in [0.2, 0.25) is 0 Å². The molecule has 2 heteroatoms. The Morgan fingerprint density at radius 3 is 2.40 bits per heavy atom. The quantitative estimate of drug-likeness (QED) is 0.547. The van der Waals surface area contributed by atoms with Gasteiger partial charge in [-0.3, -0.25) is 0 Å². The van der Waals surface area contributed by atoms with E-state index in [-0.39, 0.29) is 0 Å². The van der Waals surface area contributed by atoms with Crippen LogP contribution in [0.3, 0.4) is 0 Å². The van der Waals surface area contributed by atoms with Gasteiger partial charge >= 0.3 is 0 Å². The van der Waals surface area contributed by atoms with Gasteiger partial charge in [-0.05, 0) is 19.3 Å². The highest BCUT2D eigenvalue weighted by atomic mass is 16.5. The Morgan fingerprint density at radius 1 is 1.40 bits per heavy atom. The van der Waals surface area contributed by atoms with E-state index in [0.717, 1.165) is 13.0 Å². The SMILES string of the molecule is C#C.NC[C@@H]1CCCCO1. The fraction of sp³-hybridized carbons (Fsp3) is 0.750. The Hall–Kier alpha value is -0.520. The Morgan fingerprint density at radius 2 is 2.10 bits per heavy atom. The standard InChI is InChI=1S/C6H13NO.C2H2/c7-5-6-3-1-2-4-8-6;1-2/h6H,1-5,7H2;1-2H/t6-;/m0./s1. The van der Waals surface area contributed by atoms with E-state index in [2.05, 4.69) is 12.8 Å². The maximum atomic E-state index is 5.38. The second-order valence-corrected chi connectivity index (χ2v) is 2.22. The van der Waals surface area contributed by atoms with Crippen molar-refractivity contribution in [2.24, 2.45) is 5.73 Å². The molecule has 0 saturated carbocycles. The molecule has 0 aromatic carbocycles. The van der Waals surface area contributed by atoms with E-state index in [1.807, 2.05) is 0 Å². The van der Waals surface area contributed by atoms with Crippen LogP contribution < -0.4 is 5.73 Å². The summed E-state index contributed by atoms with van der Waals surface area (Å²) in [6.45, 7) is 1.61. The topological polar surface area (TPSA) is 35.2 Å². The molecule has 2 nitrogen and oxygen atoms in total. The fourth-order valence-electron chi connectivity index (χ4n) is 0.993. The molecule has 0 aromatic rings. The van der Waals surface area contributed by atoms with Crippen LogP contribution in [0.25, 0.3) is 0 Å². The lowest BCUT2D eigenvalue weighted by Gasteiger charge is -2.20. The first-order chi connectivity index (χ1) is 4.93. The maximum absolute atomic E-state index is 5.38. The first kappa shape index (κ1) is 9.48. The van der Waals surface area contributed by atoms with Gasteiger partial charge in [0.15, 0.2) is 0 Å². The van der Waals surface area contributed by atoms with Gasteiger partial charge in [0, 0.05) is 13.2 Å². The number of rotatable bonds is 1. The molecule has 1 saturated heterocycles. The summed E-state index contributed by atoms with van der Waals surface area (Å²) in [7, 11) is 0. The fourth-order valence-corrected chi connectivity index (χ4v) is 0.993. The number of nitrogens with two attached hydrogens (primary N) is 1. The average Bonchev–Trinajstić information content (AvgIpc) is 2.10. The van der Waals surface area contributed by atoms with E-state index in [4.69, 9.17) is 10.5 Å². The normalized spacial score (nSPS) is 24.5. The highest BCUT2D eigenvalue weighted by Crippen LogP contribution is 2.10. The number of hydrogen-bond donors (Lipinski definition) is 1. The molecule has 58 valence electrons. The summed E-state index contributed by atoms with van der Waals surface area (Å²) >= 11 is 0. The van der Waals surface area contributed by atoms with Gasteiger partial charge in [-0.2, -0.15) is 0 Å². The van der Waals surface area contributed by atoms with E-state index in [1.54, 1.807) is 0 Å². The smallest absolute Gasteiger partial charge is 0.0697 e. The molecule has 1 atom stereocenters. The molecule has 0 spiro atoms. The number of ether oxygens (including phenoxy) is 1. The van der Waals surface area contributed by atoms with Crippen LogP contribution in [0.1, 0.15) is 19.3 Å². The number of hydrogen-bond acceptors (Lipinski definition) is 2. The molecule has 1 aliphatic heterocycles. The van der Waals surface area contributed by atoms with Crippen molar-refractivity contribution >= 4 is 0 Å². The predicted octanol–water partition coefficient (Wildman–Crippen LogP) is 0.764. The zero-order valence-electron chi connectivity index (χ0n) is 6.25. The maximum Gasteiger partial charge on any atom is 0.0697 e. The van der Waals surface area contributed by atoms with Gasteiger partial charge < -0.3 is 10.5 Å². The lowest BCUT2D eigenvalue weighted by molar-refractivity contribution is 0.0222. The van der Waals surface area contributed by atoms with Crippen molar-refractivity contribution in [2.45, 2.75) is 25.4 Å². The zero-order chi connectivity index (χ0) is 7.82. The third-order valence-corrected chi connectivity index (χ3v) is 1.54. The molecule has 0 radical (unpaired) electrons. The molecular formula is C8H15NO. The summed E-state index contributed by atoms with van der Waals surface area (Å²) in [5.74, 6) is 0. The van der Waals surface area contributed by atoms with Gasteiger partial charge in [-0.25, -0.2) is 0 Å². The van der Waals surface area contributed by atoms with Gasteiger partial charge in [0.1, 0.15) is 0 Å². The lowest BCUT2D eigenvalue weighted by atomic mass is 10.1. The largest absolute Gasteiger partial charge is 0.377 e. The van der Waals surface area contributed by atoms with E-state index in [0.29, 0.717) is 12.6 Å². The highest BCUT2D eigenvalue weighted by molar-refractivity contribution is 4.62. The lowest BCUT2D eigenvalue weighted by Crippen LogP contribution is -2.27. The van der Waals surface area contributed by atoms with Crippen molar-refractivity contribution in [1.29, 1.82) is 0 Å². The van der Waals surface area contributed by atoms with Crippen LogP contribution in [-0.2, 0) is 4.74 Å². The molecule has 0 amide bonds. The highest BCUT2D eigenvalue weighted by Gasteiger charge is 2.10. The third-order valence-electron chi connectivity index (χ3n) is 1.54. The van der Waals surface area contributed by atoms with Crippen molar-refractivity contribution in [3.8, 4) is 12.8 Å². The minimum atomic E-state index is 0.365. The molecule has 0 unspecified atom stereocenters. The summed E-state index contributed by atoms with van der Waals surface area (Å²) in [5, 5.41) is 0. The minimum Gasteiger partial charge on any atom is -0.377 e. The zero-order valence-corrected chi connectivity index (χ0v) is 6.25. The van der Waals surface area contributed by atoms with Crippen LogP contribution in [0, 0.1) is 12.8 Å². The Bertz CT molecular complexity index is 84.5. The first-order valence-electron chi connectivity index (χ1n) is 3.58. The molecule has 1 aliphatic rings. The predicted molar refractivity (Wildman–Crippen MR) is 42.5 cm³/mol. The Labute approximate surface area is 62.7 Å². The molecule has 10 heavy (non-hydrogen) atoms. The van der Waals surface area contributed by atoms with Crippen LogP contribution >= 0.6 is 0 Å². The molecular weight excluding hydrogens is 126 g/mol. The molecule has 0 aliphatic carbocycles. The van der Waals surface area contributed by atoms with Crippen molar-refractivity contribution < 1.29 is 4.74 Å². The van der Waals surface area contributed by atoms with Crippen LogP contribution in [0.2, 0.25) is 0 Å². The Balaban J connectivity index is 0.000000371. The second kappa shape index (κ2) is 6.60. The van der Waals surface area contributed by atoms with Gasteiger partial charge in [0.05, 0.1) is 6.10 Å². The number of terminal acetylenes is 1. The first-order valence-corrected chi connectivity index (χ1v) is 3.58. The third kappa shape index (κ3) is 3.49. The van der Waals surface area contributed by atoms with E-state index < -0.39 is 0 Å². The molecule has 0 aromatic heterocycles. The van der Waals surface area contributed by atoms with Crippen molar-refractivity contribution in [1.82, 2.24) is 0 Å². The van der Waals surface area contributed by atoms with Crippen molar-refractivity contribution in [2.75, 3.05) is 13.2 Å². The summed E-state index contributed by atoms with van der Waals surface area (Å²) < 4.78 is 5.30. The molecule has 1 rings (SSSR count). The van der Waals surface area contributed by atoms with Crippen molar-refractivity contribution in [3.63, 3.8) is 0 Å². The minimum absolute atomic E-state index is 0.365. The van der Waals surface area contributed by atoms with Crippen LogP contribution in [0.5, 0.6) is 0 Å². The molecule has 1 fully saturated rings. The molecule has 2 N–H and O–H groups in total. The Kier molecular flexibility index (Phi) is 6.25. The second-order valence-electron chi connectivity index (χ2n) is 2.22. The molecule has 0 bridgehead atoms. The van der Waals surface area contributed by atoms with Crippen molar-refractivity contribution in [3.05, 3.63) is 0 Å². The van der Waals surface area contributed by atoms with Gasteiger partial charge in [0.25, 0.3) is 0 Å². The average molecular weight is 141 g/mol.